The number of phenols is 1. The number of likely N-dealkylation sites (tertiary alicyclic amines) is 1. The lowest BCUT2D eigenvalue weighted by Crippen LogP contribution is -2.40. The van der Waals surface area contributed by atoms with Gasteiger partial charge >= 0.3 is 0 Å². The zero-order valence-corrected chi connectivity index (χ0v) is 16.4. The average Bonchev–Trinajstić information content (AvgIpc) is 3.04. The van der Waals surface area contributed by atoms with Gasteiger partial charge in [0.2, 0.25) is 10.0 Å². The summed E-state index contributed by atoms with van der Waals surface area (Å²) in [6.45, 7) is 6.17. The van der Waals surface area contributed by atoms with Crippen molar-refractivity contribution in [3.8, 4) is 5.75 Å². The molecule has 0 saturated carbocycles. The van der Waals surface area contributed by atoms with Crippen LogP contribution >= 0.6 is 12.4 Å². The first-order valence-electron chi connectivity index (χ1n) is 9.00. The lowest BCUT2D eigenvalue weighted by molar-refractivity contribution is 0.179. The van der Waals surface area contributed by atoms with Crippen molar-refractivity contribution in [3.63, 3.8) is 0 Å². The van der Waals surface area contributed by atoms with Gasteiger partial charge in [0.05, 0.1) is 4.90 Å². The van der Waals surface area contributed by atoms with Crippen LogP contribution in [0.4, 0.5) is 0 Å². The van der Waals surface area contributed by atoms with E-state index in [2.05, 4.69) is 11.8 Å². The van der Waals surface area contributed by atoms with Crippen LogP contribution in [0.15, 0.2) is 29.2 Å². The van der Waals surface area contributed by atoms with Gasteiger partial charge in [-0.2, -0.15) is 4.31 Å². The molecule has 0 spiro atoms. The summed E-state index contributed by atoms with van der Waals surface area (Å²) in [4.78, 5) is 2.75. The van der Waals surface area contributed by atoms with Gasteiger partial charge in [-0.3, -0.25) is 0 Å². The first-order valence-corrected chi connectivity index (χ1v) is 10.4. The Morgan fingerprint density at radius 1 is 1.08 bits per heavy atom. The Hall–Kier alpha value is -0.820. The predicted octanol–water partition coefficient (Wildman–Crippen LogP) is 3.09. The first-order chi connectivity index (χ1) is 11.5. The number of sulfonamides is 1. The second-order valence-corrected chi connectivity index (χ2v) is 9.11. The van der Waals surface area contributed by atoms with Crippen molar-refractivity contribution in [2.45, 2.75) is 50.0 Å². The van der Waals surface area contributed by atoms with E-state index < -0.39 is 10.0 Å². The highest BCUT2D eigenvalue weighted by Gasteiger charge is 2.35. The van der Waals surface area contributed by atoms with Crippen LogP contribution in [-0.4, -0.2) is 55.0 Å². The molecule has 1 N–H and O–H groups in total. The summed E-state index contributed by atoms with van der Waals surface area (Å²) in [5.74, 6) is 0.908. The number of benzene rings is 1. The van der Waals surface area contributed by atoms with E-state index in [1.807, 2.05) is 0 Å². The zero-order valence-electron chi connectivity index (χ0n) is 14.8. The smallest absolute Gasteiger partial charge is 0.243 e. The highest BCUT2D eigenvalue weighted by molar-refractivity contribution is 7.89. The van der Waals surface area contributed by atoms with Crippen LogP contribution < -0.4 is 0 Å². The van der Waals surface area contributed by atoms with Gasteiger partial charge < -0.3 is 10.0 Å². The third-order valence-corrected chi connectivity index (χ3v) is 7.39. The molecule has 2 aliphatic heterocycles. The van der Waals surface area contributed by atoms with Gasteiger partial charge in [-0.05, 0) is 81.9 Å². The molecule has 0 radical (unpaired) electrons. The molecule has 0 aromatic heterocycles. The first kappa shape index (κ1) is 20.5. The Bertz CT molecular complexity index is 643. The largest absolute Gasteiger partial charge is 0.508 e. The summed E-state index contributed by atoms with van der Waals surface area (Å²) in [5.41, 5.74) is 0. The minimum absolute atomic E-state index is 0. The van der Waals surface area contributed by atoms with E-state index in [0.29, 0.717) is 6.54 Å². The minimum atomic E-state index is -3.46. The Morgan fingerprint density at radius 2 is 1.72 bits per heavy atom. The number of halogens is 1. The highest BCUT2D eigenvalue weighted by Crippen LogP contribution is 2.29. The molecule has 3 rings (SSSR count). The quantitative estimate of drug-likeness (QED) is 0.841. The Morgan fingerprint density at radius 3 is 2.36 bits per heavy atom. The second kappa shape index (κ2) is 8.71. The maximum absolute atomic E-state index is 12.9. The fourth-order valence-electron chi connectivity index (χ4n) is 3.78. The lowest BCUT2D eigenvalue weighted by atomic mass is 9.99. The van der Waals surface area contributed by atoms with Crippen LogP contribution in [0.1, 0.15) is 39.0 Å². The van der Waals surface area contributed by atoms with Crippen molar-refractivity contribution in [3.05, 3.63) is 24.3 Å². The lowest BCUT2D eigenvalue weighted by Gasteiger charge is -2.32. The molecule has 1 aromatic rings. The minimum Gasteiger partial charge on any atom is -0.508 e. The number of rotatable bonds is 5. The van der Waals surface area contributed by atoms with E-state index in [1.165, 1.54) is 37.1 Å². The molecule has 0 bridgehead atoms. The van der Waals surface area contributed by atoms with Crippen molar-refractivity contribution < 1.29 is 13.5 Å². The fourth-order valence-corrected chi connectivity index (χ4v) is 5.51. The molecule has 2 fully saturated rings. The molecule has 2 heterocycles. The number of hydrogen-bond acceptors (Lipinski definition) is 4. The van der Waals surface area contributed by atoms with Gasteiger partial charge in [-0.15, -0.1) is 12.4 Å². The van der Waals surface area contributed by atoms with Crippen molar-refractivity contribution in [1.82, 2.24) is 9.21 Å². The van der Waals surface area contributed by atoms with Crippen LogP contribution in [0.3, 0.4) is 0 Å². The monoisotopic (exact) mass is 388 g/mol. The van der Waals surface area contributed by atoms with Gasteiger partial charge in [0.25, 0.3) is 0 Å². The summed E-state index contributed by atoms with van der Waals surface area (Å²) >= 11 is 0. The maximum atomic E-state index is 12.9. The molecule has 5 nitrogen and oxygen atoms in total. The number of aromatic hydroxyl groups is 1. The van der Waals surface area contributed by atoms with Gasteiger partial charge in [0.15, 0.2) is 0 Å². The standard InChI is InChI=1S/C18H28N2O3S.ClH/c1-15-8-12-19(13-9-15)14-10-16-3-2-11-20(16)24(22,23)18-6-4-17(21)5-7-18;/h4-7,15-16,21H,2-3,8-14H2,1H3;1H/t16-;/m1./s1. The van der Waals surface area contributed by atoms with Gasteiger partial charge in [-0.1, -0.05) is 6.92 Å². The van der Waals surface area contributed by atoms with Crippen molar-refractivity contribution in [2.75, 3.05) is 26.2 Å². The average molecular weight is 389 g/mol. The van der Waals surface area contributed by atoms with E-state index in [4.69, 9.17) is 0 Å². The van der Waals surface area contributed by atoms with Gasteiger partial charge in [0, 0.05) is 12.6 Å². The number of nitrogens with zero attached hydrogens (tertiary/aromatic N) is 2. The molecule has 0 unspecified atom stereocenters. The summed E-state index contributed by atoms with van der Waals surface area (Å²) < 4.78 is 27.4. The summed E-state index contributed by atoms with van der Waals surface area (Å²) in [6, 6.07) is 5.96. The van der Waals surface area contributed by atoms with Crippen molar-refractivity contribution in [1.29, 1.82) is 0 Å². The third kappa shape index (κ3) is 4.88. The maximum Gasteiger partial charge on any atom is 0.243 e. The van der Waals surface area contributed by atoms with Crippen molar-refractivity contribution in [2.24, 2.45) is 5.92 Å². The summed E-state index contributed by atoms with van der Waals surface area (Å²) in [5, 5.41) is 9.37. The molecule has 7 heteroatoms. The zero-order chi connectivity index (χ0) is 17.2. The Labute approximate surface area is 157 Å². The third-order valence-electron chi connectivity index (χ3n) is 5.42. The molecule has 1 atom stereocenters. The summed E-state index contributed by atoms with van der Waals surface area (Å²) in [7, 11) is -3.46. The SMILES string of the molecule is CC1CCN(CC[C@H]2CCCN2S(=O)(=O)c2ccc(O)cc2)CC1.Cl. The van der Waals surface area contributed by atoms with Crippen LogP contribution in [0, 0.1) is 5.92 Å². The van der Waals surface area contributed by atoms with Gasteiger partial charge in [-0.25, -0.2) is 8.42 Å². The van der Waals surface area contributed by atoms with Crippen LogP contribution in [-0.2, 0) is 10.0 Å². The molecule has 25 heavy (non-hydrogen) atoms. The van der Waals surface area contributed by atoms with E-state index >= 15 is 0 Å². The molecular formula is C18H29ClN2O3S. The molecule has 1 aromatic carbocycles. The molecule has 2 aliphatic rings. The predicted molar refractivity (Wildman–Crippen MR) is 102 cm³/mol. The van der Waals surface area contributed by atoms with E-state index in [9.17, 15) is 13.5 Å². The van der Waals surface area contributed by atoms with E-state index in [1.54, 1.807) is 4.31 Å². The topological polar surface area (TPSA) is 60.9 Å². The van der Waals surface area contributed by atoms with Gasteiger partial charge in [0.1, 0.15) is 5.75 Å². The molecule has 2 saturated heterocycles. The molecular weight excluding hydrogens is 360 g/mol. The van der Waals surface area contributed by atoms with E-state index in [0.717, 1.165) is 44.8 Å². The highest BCUT2D eigenvalue weighted by atomic mass is 35.5. The normalized spacial score (nSPS) is 23.5. The molecule has 0 amide bonds. The molecule has 0 aliphatic carbocycles. The Kier molecular flexibility index (Phi) is 7.14. The van der Waals surface area contributed by atoms with Crippen LogP contribution in [0.25, 0.3) is 0 Å². The Balaban J connectivity index is 0.00000225. The fraction of sp³-hybridized carbons (Fsp3) is 0.667. The van der Waals surface area contributed by atoms with Crippen LogP contribution in [0.5, 0.6) is 5.75 Å². The number of piperidine rings is 1. The van der Waals surface area contributed by atoms with Crippen molar-refractivity contribution >= 4 is 22.4 Å². The number of hydrogen-bond donors (Lipinski definition) is 1. The summed E-state index contributed by atoms with van der Waals surface area (Å²) in [6.07, 6.45) is 5.28. The molecule has 142 valence electrons. The second-order valence-electron chi connectivity index (χ2n) is 7.22. The van der Waals surface area contributed by atoms with Crippen LogP contribution in [0.2, 0.25) is 0 Å². The van der Waals surface area contributed by atoms with E-state index in [-0.39, 0.29) is 29.1 Å². The number of phenolic OH excluding ortho intramolecular Hbond substituents is 1.